The molecule has 6 nitrogen and oxygen atoms in total. The molecule has 2 aromatic rings. The summed E-state index contributed by atoms with van der Waals surface area (Å²) in [5, 5.41) is 4.29. The number of halogens is 2. The Morgan fingerprint density at radius 2 is 1.69 bits per heavy atom. The van der Waals surface area contributed by atoms with Crippen molar-refractivity contribution in [3.8, 4) is 0 Å². The van der Waals surface area contributed by atoms with E-state index in [9.17, 15) is 13.2 Å². The molecule has 9 heteroatoms. The molecule has 0 aliphatic heterocycles. The molecular weight excluding hydrogens is 433 g/mol. The van der Waals surface area contributed by atoms with Crippen molar-refractivity contribution in [1.29, 1.82) is 0 Å². The number of hydrazone groups is 1. The summed E-state index contributed by atoms with van der Waals surface area (Å²) in [6.07, 6.45) is 0. The lowest BCUT2D eigenvalue weighted by molar-refractivity contribution is -0.119. The third kappa shape index (κ3) is 5.72. The molecule has 0 fully saturated rings. The number of anilines is 1. The summed E-state index contributed by atoms with van der Waals surface area (Å²) >= 11 is 12.3. The third-order valence-corrected chi connectivity index (χ3v) is 6.83. The van der Waals surface area contributed by atoms with E-state index in [1.54, 1.807) is 31.2 Å². The Morgan fingerprint density at radius 1 is 1.07 bits per heavy atom. The van der Waals surface area contributed by atoms with Crippen LogP contribution in [-0.4, -0.2) is 26.6 Å². The van der Waals surface area contributed by atoms with Gasteiger partial charge in [0.15, 0.2) is 0 Å². The van der Waals surface area contributed by atoms with Crippen LogP contribution in [0.1, 0.15) is 27.7 Å². The maximum atomic E-state index is 13.2. The predicted molar refractivity (Wildman–Crippen MR) is 118 cm³/mol. The molecule has 0 saturated carbocycles. The molecule has 0 saturated heterocycles. The van der Waals surface area contributed by atoms with Gasteiger partial charge in [-0.3, -0.25) is 9.10 Å². The van der Waals surface area contributed by atoms with E-state index in [1.807, 2.05) is 20.8 Å². The Kier molecular flexibility index (Phi) is 7.32. The van der Waals surface area contributed by atoms with Crippen molar-refractivity contribution in [2.75, 3.05) is 10.8 Å². The summed E-state index contributed by atoms with van der Waals surface area (Å²) in [5.41, 5.74) is 2.98. The van der Waals surface area contributed by atoms with Crippen LogP contribution >= 0.6 is 23.2 Å². The molecule has 1 N–H and O–H groups in total. The van der Waals surface area contributed by atoms with Crippen molar-refractivity contribution >= 4 is 50.5 Å². The fourth-order valence-corrected chi connectivity index (χ4v) is 4.09. The number of hydrogen-bond acceptors (Lipinski definition) is 4. The van der Waals surface area contributed by atoms with Gasteiger partial charge in [-0.2, -0.15) is 5.10 Å². The third-order valence-electron chi connectivity index (χ3n) is 4.25. The Labute approximate surface area is 181 Å². The molecule has 0 radical (unpaired) electrons. The Hall–Kier alpha value is -2.09. The number of hydrogen-bond donors (Lipinski definition) is 1. The van der Waals surface area contributed by atoms with Gasteiger partial charge in [-0.25, -0.2) is 13.8 Å². The van der Waals surface area contributed by atoms with E-state index in [2.05, 4.69) is 10.5 Å². The fraction of sp³-hybridized carbons (Fsp3) is 0.300. The molecule has 156 valence electrons. The van der Waals surface area contributed by atoms with E-state index in [-0.39, 0.29) is 26.0 Å². The van der Waals surface area contributed by atoms with Crippen molar-refractivity contribution in [3.63, 3.8) is 0 Å². The van der Waals surface area contributed by atoms with Crippen LogP contribution in [0.15, 0.2) is 58.5 Å². The number of amides is 1. The molecular formula is C20H23Cl2N3O3S. The minimum absolute atomic E-state index is 0.0261. The molecule has 0 bridgehead atoms. The molecule has 2 aromatic carbocycles. The molecule has 0 unspecified atom stereocenters. The van der Waals surface area contributed by atoms with Crippen LogP contribution in [-0.2, 0) is 14.8 Å². The van der Waals surface area contributed by atoms with Crippen molar-refractivity contribution in [1.82, 2.24) is 5.43 Å². The van der Waals surface area contributed by atoms with Gasteiger partial charge < -0.3 is 0 Å². The summed E-state index contributed by atoms with van der Waals surface area (Å²) in [6.45, 7) is 7.13. The second kappa shape index (κ2) is 9.15. The molecule has 2 rings (SSSR count). The number of carbonyl (C=O) groups is 1. The van der Waals surface area contributed by atoms with E-state index < -0.39 is 22.5 Å². The molecule has 0 aliphatic carbocycles. The van der Waals surface area contributed by atoms with Gasteiger partial charge in [0.05, 0.1) is 20.6 Å². The van der Waals surface area contributed by atoms with Crippen LogP contribution in [0.4, 0.5) is 5.69 Å². The topological polar surface area (TPSA) is 78.8 Å². The van der Waals surface area contributed by atoms with Crippen molar-refractivity contribution in [2.24, 2.45) is 10.5 Å². The second-order valence-electron chi connectivity index (χ2n) is 7.38. The molecule has 29 heavy (non-hydrogen) atoms. The lowest BCUT2D eigenvalue weighted by atomic mass is 9.91. The van der Waals surface area contributed by atoms with E-state index in [1.165, 1.54) is 24.3 Å². The molecule has 0 atom stereocenters. The second-order valence-corrected chi connectivity index (χ2v) is 10.0. The standard InChI is InChI=1S/C20H23Cl2N3O3S/c1-14(20(2,3)4)23-24-18(26)13-25(17-12-8-11-16(21)19(17)22)29(27,28)15-9-6-5-7-10-15/h5-12H,13H2,1-4H3,(H,24,26). The highest BCUT2D eigenvalue weighted by Gasteiger charge is 2.29. The van der Waals surface area contributed by atoms with Crippen LogP contribution in [0.25, 0.3) is 0 Å². The van der Waals surface area contributed by atoms with Crippen molar-refractivity contribution < 1.29 is 13.2 Å². The number of benzene rings is 2. The monoisotopic (exact) mass is 455 g/mol. The summed E-state index contributed by atoms with van der Waals surface area (Å²) in [6, 6.07) is 12.4. The number of carbonyl (C=O) groups excluding carboxylic acids is 1. The highest BCUT2D eigenvalue weighted by atomic mass is 35.5. The quantitative estimate of drug-likeness (QED) is 0.504. The normalized spacial score (nSPS) is 12.6. The van der Waals surface area contributed by atoms with Gasteiger partial charge in [0.25, 0.3) is 15.9 Å². The van der Waals surface area contributed by atoms with E-state index in [0.717, 1.165) is 4.31 Å². The SMILES string of the molecule is CC(=NNC(=O)CN(c1cccc(Cl)c1Cl)S(=O)(=O)c1ccccc1)C(C)(C)C. The zero-order valence-electron chi connectivity index (χ0n) is 16.6. The average Bonchev–Trinajstić information content (AvgIpc) is 2.66. The molecule has 0 heterocycles. The number of nitrogens with zero attached hydrogens (tertiary/aromatic N) is 2. The zero-order valence-corrected chi connectivity index (χ0v) is 18.9. The first kappa shape index (κ1) is 23.2. The van der Waals surface area contributed by atoms with E-state index >= 15 is 0 Å². The van der Waals surface area contributed by atoms with Crippen molar-refractivity contribution in [2.45, 2.75) is 32.6 Å². The number of sulfonamides is 1. The predicted octanol–water partition coefficient (Wildman–Crippen LogP) is 4.73. The lowest BCUT2D eigenvalue weighted by Gasteiger charge is -2.25. The summed E-state index contributed by atoms with van der Waals surface area (Å²) in [5.74, 6) is -0.607. The van der Waals surface area contributed by atoms with Gasteiger partial charge in [0.2, 0.25) is 0 Å². The van der Waals surface area contributed by atoms with Crippen LogP contribution in [0.5, 0.6) is 0 Å². The van der Waals surface area contributed by atoms with Crippen LogP contribution in [0.2, 0.25) is 10.0 Å². The maximum absolute atomic E-state index is 13.2. The van der Waals surface area contributed by atoms with Gasteiger partial charge in [0, 0.05) is 11.1 Å². The van der Waals surface area contributed by atoms with Gasteiger partial charge in [-0.05, 0) is 31.2 Å². The zero-order chi connectivity index (χ0) is 21.8. The first-order valence-electron chi connectivity index (χ1n) is 8.80. The van der Waals surface area contributed by atoms with Crippen LogP contribution < -0.4 is 9.73 Å². The Morgan fingerprint density at radius 3 is 2.28 bits per heavy atom. The van der Waals surface area contributed by atoms with Crippen molar-refractivity contribution in [3.05, 3.63) is 58.6 Å². The Bertz CT molecular complexity index is 1020. The first-order valence-corrected chi connectivity index (χ1v) is 11.0. The van der Waals surface area contributed by atoms with Crippen LogP contribution in [0, 0.1) is 5.41 Å². The number of nitrogens with one attached hydrogen (secondary N) is 1. The first-order chi connectivity index (χ1) is 13.4. The van der Waals surface area contributed by atoms with Gasteiger partial charge >= 0.3 is 0 Å². The minimum Gasteiger partial charge on any atom is -0.271 e. The Balaban J connectivity index is 2.44. The lowest BCUT2D eigenvalue weighted by Crippen LogP contribution is -2.40. The molecule has 0 spiro atoms. The molecule has 0 aliphatic rings. The fourth-order valence-electron chi connectivity index (χ4n) is 2.18. The van der Waals surface area contributed by atoms with Gasteiger partial charge in [-0.15, -0.1) is 0 Å². The largest absolute Gasteiger partial charge is 0.271 e. The maximum Gasteiger partial charge on any atom is 0.264 e. The van der Waals surface area contributed by atoms with E-state index in [0.29, 0.717) is 5.71 Å². The smallest absolute Gasteiger partial charge is 0.264 e. The summed E-state index contributed by atoms with van der Waals surface area (Å²) < 4.78 is 27.4. The summed E-state index contributed by atoms with van der Waals surface area (Å²) in [4.78, 5) is 12.6. The van der Waals surface area contributed by atoms with Crippen LogP contribution in [0.3, 0.4) is 0 Å². The highest BCUT2D eigenvalue weighted by Crippen LogP contribution is 2.35. The highest BCUT2D eigenvalue weighted by molar-refractivity contribution is 7.92. The molecule has 1 amide bonds. The average molecular weight is 456 g/mol. The minimum atomic E-state index is -4.07. The van der Waals surface area contributed by atoms with Gasteiger partial charge in [-0.1, -0.05) is 68.2 Å². The molecule has 0 aromatic heterocycles. The summed E-state index contributed by atoms with van der Waals surface area (Å²) in [7, 11) is -4.07. The van der Waals surface area contributed by atoms with E-state index in [4.69, 9.17) is 23.2 Å². The van der Waals surface area contributed by atoms with Gasteiger partial charge in [0.1, 0.15) is 6.54 Å². The number of rotatable bonds is 6.